The Balaban J connectivity index is 2.57. The minimum absolute atomic E-state index is 0.0230. The van der Waals surface area contributed by atoms with Crippen molar-refractivity contribution in [2.24, 2.45) is 0 Å². The number of non-ortho nitro benzene ring substituents is 1. The zero-order chi connectivity index (χ0) is 14.4. The van der Waals surface area contributed by atoms with Crippen LogP contribution in [0, 0.1) is 10.1 Å². The fourth-order valence-corrected chi connectivity index (χ4v) is 1.96. The molecule has 2 N–H and O–H groups in total. The van der Waals surface area contributed by atoms with E-state index in [1.807, 2.05) is 0 Å². The van der Waals surface area contributed by atoms with Crippen molar-refractivity contribution in [3.05, 3.63) is 38.3 Å². The van der Waals surface area contributed by atoms with Crippen molar-refractivity contribution in [2.45, 2.75) is 25.9 Å². The van der Waals surface area contributed by atoms with Crippen LogP contribution in [0.5, 0.6) is 0 Å². The monoisotopic (exact) mass is 330 g/mol. The number of amides is 1. The quantitative estimate of drug-likeness (QED) is 0.614. The maximum atomic E-state index is 11.6. The van der Waals surface area contributed by atoms with E-state index in [0.29, 0.717) is 23.0 Å². The molecule has 6 nitrogen and oxygen atoms in total. The van der Waals surface area contributed by atoms with E-state index in [4.69, 9.17) is 5.11 Å². The summed E-state index contributed by atoms with van der Waals surface area (Å²) in [6.07, 6.45) is 0.178. The highest BCUT2D eigenvalue weighted by Crippen LogP contribution is 2.23. The van der Waals surface area contributed by atoms with E-state index < -0.39 is 11.0 Å². The molecule has 1 aromatic carbocycles. The fraction of sp³-hybridized carbons (Fsp3) is 0.417. The molecule has 0 saturated carbocycles. The highest BCUT2D eigenvalue weighted by atomic mass is 79.9. The number of aliphatic hydroxyl groups excluding tert-OH is 1. The SMILES string of the molecule is CC(O)CCNC(=O)Cc1ccc([N+](=O)[O-])cc1Br. The molecule has 1 amide bonds. The van der Waals surface area contributed by atoms with E-state index in [-0.39, 0.29) is 18.0 Å². The average molecular weight is 331 g/mol. The summed E-state index contributed by atoms with van der Waals surface area (Å²) in [6, 6.07) is 4.29. The van der Waals surface area contributed by atoms with Crippen LogP contribution in [0.4, 0.5) is 5.69 Å². The lowest BCUT2D eigenvalue weighted by molar-refractivity contribution is -0.384. The van der Waals surface area contributed by atoms with Gasteiger partial charge in [-0.3, -0.25) is 14.9 Å². The number of halogens is 1. The molecule has 104 valence electrons. The van der Waals surface area contributed by atoms with Crippen LogP contribution in [0.25, 0.3) is 0 Å². The lowest BCUT2D eigenvalue weighted by Gasteiger charge is -2.07. The summed E-state index contributed by atoms with van der Waals surface area (Å²) in [5, 5.41) is 22.3. The molecule has 0 fully saturated rings. The lowest BCUT2D eigenvalue weighted by Crippen LogP contribution is -2.28. The van der Waals surface area contributed by atoms with E-state index in [9.17, 15) is 14.9 Å². The van der Waals surface area contributed by atoms with Crippen molar-refractivity contribution in [1.29, 1.82) is 0 Å². The predicted molar refractivity (Wildman–Crippen MR) is 73.8 cm³/mol. The van der Waals surface area contributed by atoms with Crippen molar-refractivity contribution in [1.82, 2.24) is 5.32 Å². The van der Waals surface area contributed by atoms with Gasteiger partial charge in [-0.2, -0.15) is 0 Å². The molecule has 0 aromatic heterocycles. The lowest BCUT2D eigenvalue weighted by atomic mass is 10.1. The second-order valence-electron chi connectivity index (χ2n) is 4.20. The number of hydrogen-bond donors (Lipinski definition) is 2. The van der Waals surface area contributed by atoms with Gasteiger partial charge in [-0.25, -0.2) is 0 Å². The largest absolute Gasteiger partial charge is 0.393 e. The molecular formula is C12H15BrN2O4. The van der Waals surface area contributed by atoms with Gasteiger partial charge in [0.1, 0.15) is 0 Å². The maximum Gasteiger partial charge on any atom is 0.270 e. The molecule has 1 unspecified atom stereocenters. The molecule has 0 radical (unpaired) electrons. The Kier molecular flexibility index (Phi) is 5.91. The van der Waals surface area contributed by atoms with E-state index in [2.05, 4.69) is 21.2 Å². The van der Waals surface area contributed by atoms with Crippen LogP contribution in [0.1, 0.15) is 18.9 Å². The summed E-state index contributed by atoms with van der Waals surface area (Å²) in [6.45, 7) is 2.06. The van der Waals surface area contributed by atoms with Crippen molar-refractivity contribution < 1.29 is 14.8 Å². The van der Waals surface area contributed by atoms with Gasteiger partial charge in [0, 0.05) is 23.2 Å². The molecule has 0 bridgehead atoms. The zero-order valence-corrected chi connectivity index (χ0v) is 12.0. The number of carbonyl (C=O) groups is 1. The number of nitrogens with zero attached hydrogens (tertiary/aromatic N) is 1. The fourth-order valence-electron chi connectivity index (χ4n) is 1.45. The number of nitro groups is 1. The Morgan fingerprint density at radius 3 is 2.79 bits per heavy atom. The number of aliphatic hydroxyl groups is 1. The predicted octanol–water partition coefficient (Wildman–Crippen LogP) is 1.79. The van der Waals surface area contributed by atoms with E-state index in [1.165, 1.54) is 12.1 Å². The normalized spacial score (nSPS) is 11.9. The highest BCUT2D eigenvalue weighted by Gasteiger charge is 2.11. The van der Waals surface area contributed by atoms with Crippen LogP contribution >= 0.6 is 15.9 Å². The molecule has 0 spiro atoms. The summed E-state index contributed by atoms with van der Waals surface area (Å²) >= 11 is 3.21. The first kappa shape index (κ1) is 15.6. The van der Waals surface area contributed by atoms with Crippen LogP contribution in [0.2, 0.25) is 0 Å². The standard InChI is InChI=1S/C12H15BrN2O4/c1-8(16)4-5-14-12(17)6-9-2-3-10(15(18)19)7-11(9)13/h2-3,7-8,16H,4-6H2,1H3,(H,14,17). The molecule has 0 saturated heterocycles. The zero-order valence-electron chi connectivity index (χ0n) is 10.4. The number of hydrogen-bond acceptors (Lipinski definition) is 4. The molecule has 7 heteroatoms. The molecule has 0 heterocycles. The molecule has 1 rings (SSSR count). The van der Waals surface area contributed by atoms with Crippen LogP contribution in [0.15, 0.2) is 22.7 Å². The summed E-state index contributed by atoms with van der Waals surface area (Å²) < 4.78 is 0.535. The Morgan fingerprint density at radius 2 is 2.26 bits per heavy atom. The number of nitrogens with one attached hydrogen (secondary N) is 1. The Morgan fingerprint density at radius 1 is 1.58 bits per heavy atom. The molecule has 1 aromatic rings. The van der Waals surface area contributed by atoms with Gasteiger partial charge in [0.2, 0.25) is 5.91 Å². The van der Waals surface area contributed by atoms with Crippen LogP contribution in [-0.2, 0) is 11.2 Å². The van der Waals surface area contributed by atoms with Gasteiger partial charge in [0.15, 0.2) is 0 Å². The highest BCUT2D eigenvalue weighted by molar-refractivity contribution is 9.10. The minimum Gasteiger partial charge on any atom is -0.393 e. The molecule has 19 heavy (non-hydrogen) atoms. The van der Waals surface area contributed by atoms with E-state index >= 15 is 0 Å². The van der Waals surface area contributed by atoms with E-state index in [0.717, 1.165) is 0 Å². The number of carbonyl (C=O) groups excluding carboxylic acids is 1. The van der Waals surface area contributed by atoms with E-state index in [1.54, 1.807) is 13.0 Å². The third-order valence-electron chi connectivity index (χ3n) is 2.48. The Bertz CT molecular complexity index is 477. The Hall–Kier alpha value is -1.47. The van der Waals surface area contributed by atoms with Crippen LogP contribution in [-0.4, -0.2) is 28.6 Å². The topological polar surface area (TPSA) is 92.5 Å². The molecule has 1 atom stereocenters. The second kappa shape index (κ2) is 7.20. The summed E-state index contributed by atoms with van der Waals surface area (Å²) in [5.74, 6) is -0.185. The van der Waals surface area contributed by atoms with Crippen molar-refractivity contribution >= 4 is 27.5 Å². The second-order valence-corrected chi connectivity index (χ2v) is 5.05. The molecular weight excluding hydrogens is 316 g/mol. The first-order chi connectivity index (χ1) is 8.90. The summed E-state index contributed by atoms with van der Waals surface area (Å²) in [4.78, 5) is 21.7. The molecule has 0 aliphatic carbocycles. The molecule has 0 aliphatic heterocycles. The van der Waals surface area contributed by atoms with Crippen molar-refractivity contribution in [2.75, 3.05) is 6.54 Å². The average Bonchev–Trinajstić information content (AvgIpc) is 2.31. The smallest absolute Gasteiger partial charge is 0.270 e. The van der Waals surface area contributed by atoms with Gasteiger partial charge in [0.05, 0.1) is 17.4 Å². The van der Waals surface area contributed by atoms with Crippen molar-refractivity contribution in [3.63, 3.8) is 0 Å². The van der Waals surface area contributed by atoms with Gasteiger partial charge < -0.3 is 10.4 Å². The van der Waals surface area contributed by atoms with Gasteiger partial charge in [-0.1, -0.05) is 22.0 Å². The summed E-state index contributed by atoms with van der Waals surface area (Å²) in [7, 11) is 0. The number of benzene rings is 1. The number of nitro benzene ring substituents is 1. The van der Waals surface area contributed by atoms with Crippen molar-refractivity contribution in [3.8, 4) is 0 Å². The summed E-state index contributed by atoms with van der Waals surface area (Å²) in [5.41, 5.74) is 0.658. The van der Waals surface area contributed by atoms with Gasteiger partial charge >= 0.3 is 0 Å². The van der Waals surface area contributed by atoms with Crippen LogP contribution in [0.3, 0.4) is 0 Å². The minimum atomic E-state index is -0.489. The van der Waals surface area contributed by atoms with Crippen LogP contribution < -0.4 is 5.32 Å². The maximum absolute atomic E-state index is 11.6. The first-order valence-corrected chi connectivity index (χ1v) is 6.57. The van der Waals surface area contributed by atoms with Gasteiger partial charge in [-0.15, -0.1) is 0 Å². The molecule has 0 aliphatic rings. The van der Waals surface area contributed by atoms with Gasteiger partial charge in [0.25, 0.3) is 5.69 Å². The van der Waals surface area contributed by atoms with Gasteiger partial charge in [-0.05, 0) is 18.9 Å². The Labute approximate surface area is 119 Å². The first-order valence-electron chi connectivity index (χ1n) is 5.77. The third-order valence-corrected chi connectivity index (χ3v) is 3.22. The third kappa shape index (κ3) is 5.35. The number of rotatable bonds is 6.